The molecule has 0 radical (unpaired) electrons. The van der Waals surface area contributed by atoms with Crippen LogP contribution in [0.3, 0.4) is 0 Å². The number of aromatic nitrogens is 2. The average Bonchev–Trinajstić information content (AvgIpc) is 2.58. The lowest BCUT2D eigenvalue weighted by Crippen LogP contribution is -2.35. The smallest absolute Gasteiger partial charge is 0.187 e. The van der Waals surface area contributed by atoms with E-state index in [2.05, 4.69) is 37.7 Å². The van der Waals surface area contributed by atoms with Crippen molar-refractivity contribution in [3.63, 3.8) is 0 Å². The van der Waals surface area contributed by atoms with Gasteiger partial charge in [0.2, 0.25) is 0 Å². The number of anilines is 2. The summed E-state index contributed by atoms with van der Waals surface area (Å²) in [6, 6.07) is 3.05. The molecule has 3 heterocycles. The topological polar surface area (TPSA) is 72.1 Å². The third-order valence-electron chi connectivity index (χ3n) is 4.45. The number of hydrogen-bond donors (Lipinski definition) is 1. The number of Topliss-reactive ketones (excluding diaryl/α,β-unsaturated/α-hetero) is 1. The molecule has 1 saturated heterocycles. The minimum atomic E-state index is -0.585. The first-order valence-electron chi connectivity index (χ1n) is 8.28. The van der Waals surface area contributed by atoms with Gasteiger partial charge in [-0.1, -0.05) is 6.92 Å². The van der Waals surface area contributed by atoms with Gasteiger partial charge in [-0.3, -0.25) is 9.78 Å². The second-order valence-electron chi connectivity index (χ2n) is 6.50. The predicted octanol–water partition coefficient (Wildman–Crippen LogP) is 3.62. The fourth-order valence-electron chi connectivity index (χ4n) is 3.23. The molecule has 2 aromatic heterocycles. The highest BCUT2D eigenvalue weighted by Crippen LogP contribution is 2.27. The summed E-state index contributed by atoms with van der Waals surface area (Å²) in [7, 11) is 0. The quantitative estimate of drug-likeness (QED) is 0.619. The van der Waals surface area contributed by atoms with Gasteiger partial charge < -0.3 is 10.6 Å². The molecule has 2 aromatic rings. The number of ketones is 1. The van der Waals surface area contributed by atoms with Crippen LogP contribution in [0.5, 0.6) is 0 Å². The molecule has 0 unspecified atom stereocenters. The minimum absolute atomic E-state index is 0.0127. The zero-order valence-electron chi connectivity index (χ0n) is 14.0. The van der Waals surface area contributed by atoms with Crippen LogP contribution >= 0.6 is 15.9 Å². The number of nitrogens with zero attached hydrogens (tertiary/aromatic N) is 3. The first-order chi connectivity index (χ1) is 12.0. The Morgan fingerprint density at radius 2 is 2.32 bits per heavy atom. The average molecular weight is 407 g/mol. The number of carbonyl (C=O) groups is 1. The fourth-order valence-corrected chi connectivity index (χ4v) is 3.53. The van der Waals surface area contributed by atoms with E-state index in [1.165, 1.54) is 6.42 Å². The number of halogens is 2. The van der Waals surface area contributed by atoms with Crippen molar-refractivity contribution in [3.8, 4) is 0 Å². The zero-order valence-corrected chi connectivity index (χ0v) is 15.6. The van der Waals surface area contributed by atoms with Crippen LogP contribution in [0.15, 0.2) is 29.1 Å². The lowest BCUT2D eigenvalue weighted by Gasteiger charge is -2.34. The van der Waals surface area contributed by atoms with Crippen LogP contribution in [0.2, 0.25) is 0 Å². The highest BCUT2D eigenvalue weighted by atomic mass is 79.9. The molecular formula is C18H20BrFN4O. The maximum Gasteiger partial charge on any atom is 0.187 e. The third-order valence-corrected chi connectivity index (χ3v) is 5.01. The van der Waals surface area contributed by atoms with E-state index in [0.29, 0.717) is 5.92 Å². The molecule has 2 N–H and O–H groups in total. The zero-order chi connectivity index (χ0) is 18.0. The Hall–Kier alpha value is -2.02. The standard InChI is InChI=1S/C18H20BrFN4O/c1-11-3-2-6-24(10-11)15-4-5-22-9-12(15)7-16(25)17-14(21)8-13(20)18(19)23-17/h4-5,8-9,11H,2-3,6-7,10,21H2,1H3/t11-/m0/s1. The summed E-state index contributed by atoms with van der Waals surface area (Å²) in [5.41, 5.74) is 7.76. The Labute approximate surface area is 154 Å². The predicted molar refractivity (Wildman–Crippen MR) is 99.2 cm³/mol. The van der Waals surface area contributed by atoms with Gasteiger partial charge in [-0.05, 0) is 40.8 Å². The Balaban J connectivity index is 1.86. The highest BCUT2D eigenvalue weighted by molar-refractivity contribution is 9.10. The molecule has 132 valence electrons. The molecule has 25 heavy (non-hydrogen) atoms. The van der Waals surface area contributed by atoms with Gasteiger partial charge in [0.15, 0.2) is 11.6 Å². The van der Waals surface area contributed by atoms with Crippen LogP contribution in [0.1, 0.15) is 35.8 Å². The Morgan fingerprint density at radius 1 is 1.52 bits per heavy atom. The van der Waals surface area contributed by atoms with Crippen LogP contribution in [0.25, 0.3) is 0 Å². The molecule has 0 aromatic carbocycles. The monoisotopic (exact) mass is 406 g/mol. The van der Waals surface area contributed by atoms with Crippen molar-refractivity contribution in [1.82, 2.24) is 9.97 Å². The van der Waals surface area contributed by atoms with E-state index < -0.39 is 5.82 Å². The summed E-state index contributed by atoms with van der Waals surface area (Å²) in [5, 5.41) is 0. The van der Waals surface area contributed by atoms with E-state index in [4.69, 9.17) is 5.73 Å². The lowest BCUT2D eigenvalue weighted by atomic mass is 9.98. The van der Waals surface area contributed by atoms with Crippen molar-refractivity contribution in [2.75, 3.05) is 23.7 Å². The van der Waals surface area contributed by atoms with Crippen LogP contribution < -0.4 is 10.6 Å². The van der Waals surface area contributed by atoms with Gasteiger partial charge in [0.05, 0.1) is 5.69 Å². The molecule has 5 nitrogen and oxygen atoms in total. The van der Waals surface area contributed by atoms with E-state index in [1.54, 1.807) is 12.4 Å². The van der Waals surface area contributed by atoms with Crippen LogP contribution in [0.4, 0.5) is 15.8 Å². The molecule has 0 bridgehead atoms. The Kier molecular flexibility index (Phi) is 5.32. The minimum Gasteiger partial charge on any atom is -0.397 e. The highest BCUT2D eigenvalue weighted by Gasteiger charge is 2.22. The first-order valence-corrected chi connectivity index (χ1v) is 9.07. The summed E-state index contributed by atoms with van der Waals surface area (Å²) in [5.74, 6) is -0.216. The van der Waals surface area contributed by atoms with Crippen LogP contribution in [-0.2, 0) is 6.42 Å². The van der Waals surface area contributed by atoms with Gasteiger partial charge in [-0.15, -0.1) is 0 Å². The molecule has 0 spiro atoms. The number of hydrogen-bond acceptors (Lipinski definition) is 5. The number of nitrogens with two attached hydrogens (primary N) is 1. The van der Waals surface area contributed by atoms with Gasteiger partial charge in [0.1, 0.15) is 10.3 Å². The molecule has 0 aliphatic carbocycles. The van der Waals surface area contributed by atoms with E-state index in [-0.39, 0.29) is 28.2 Å². The number of nitrogen functional groups attached to an aromatic ring is 1. The van der Waals surface area contributed by atoms with Crippen molar-refractivity contribution < 1.29 is 9.18 Å². The molecule has 7 heteroatoms. The largest absolute Gasteiger partial charge is 0.397 e. The van der Waals surface area contributed by atoms with Crippen molar-refractivity contribution in [2.45, 2.75) is 26.2 Å². The number of piperidine rings is 1. The Bertz CT molecular complexity index is 799. The van der Waals surface area contributed by atoms with Gasteiger partial charge in [-0.25, -0.2) is 9.37 Å². The summed E-state index contributed by atoms with van der Waals surface area (Å²) in [6.45, 7) is 4.17. The molecule has 1 aliphatic rings. The fraction of sp³-hybridized carbons (Fsp3) is 0.389. The van der Waals surface area contributed by atoms with Crippen molar-refractivity contribution in [2.24, 2.45) is 5.92 Å². The van der Waals surface area contributed by atoms with Gasteiger partial charge in [0.25, 0.3) is 0 Å². The van der Waals surface area contributed by atoms with Gasteiger partial charge in [-0.2, -0.15) is 0 Å². The summed E-state index contributed by atoms with van der Waals surface area (Å²) >= 11 is 3.00. The second-order valence-corrected chi connectivity index (χ2v) is 7.25. The van der Waals surface area contributed by atoms with Gasteiger partial charge in [0, 0.05) is 49.2 Å². The number of pyridine rings is 2. The summed E-state index contributed by atoms with van der Waals surface area (Å²) < 4.78 is 13.5. The van der Waals surface area contributed by atoms with Crippen molar-refractivity contribution in [1.29, 1.82) is 0 Å². The van der Waals surface area contributed by atoms with E-state index in [1.807, 2.05) is 6.07 Å². The summed E-state index contributed by atoms with van der Waals surface area (Å²) in [4.78, 5) is 23.1. The molecule has 0 amide bonds. The van der Waals surface area contributed by atoms with Crippen molar-refractivity contribution >= 4 is 33.1 Å². The molecule has 1 aliphatic heterocycles. The maximum absolute atomic E-state index is 13.5. The number of carbonyl (C=O) groups excluding carboxylic acids is 1. The Morgan fingerprint density at radius 3 is 3.08 bits per heavy atom. The van der Waals surface area contributed by atoms with E-state index in [0.717, 1.165) is 36.8 Å². The molecular weight excluding hydrogens is 387 g/mol. The summed E-state index contributed by atoms with van der Waals surface area (Å²) in [6.07, 6.45) is 5.93. The van der Waals surface area contributed by atoms with Crippen molar-refractivity contribution in [3.05, 3.63) is 46.2 Å². The van der Waals surface area contributed by atoms with Crippen LogP contribution in [0, 0.1) is 11.7 Å². The maximum atomic E-state index is 13.5. The van der Waals surface area contributed by atoms with Gasteiger partial charge >= 0.3 is 0 Å². The van der Waals surface area contributed by atoms with E-state index >= 15 is 0 Å². The SMILES string of the molecule is C[C@H]1CCCN(c2ccncc2CC(=O)c2nc(Br)c(F)cc2N)C1. The van der Waals surface area contributed by atoms with Crippen LogP contribution in [-0.4, -0.2) is 28.8 Å². The lowest BCUT2D eigenvalue weighted by molar-refractivity contribution is 0.0989. The molecule has 1 fully saturated rings. The second kappa shape index (κ2) is 7.47. The van der Waals surface area contributed by atoms with E-state index in [9.17, 15) is 9.18 Å². The molecule has 3 rings (SSSR count). The normalized spacial score (nSPS) is 17.6. The molecule has 0 saturated carbocycles. The number of rotatable bonds is 4. The molecule has 1 atom stereocenters. The third kappa shape index (κ3) is 3.98. The first kappa shape index (κ1) is 17.8.